The quantitative estimate of drug-likeness (QED) is 0.784. The van der Waals surface area contributed by atoms with Crippen LogP contribution < -0.4 is 5.32 Å². The maximum atomic E-state index is 10.0. The standard InChI is InChI=1S/C16H25NO/c18-16(12-14-8-4-3-5-9-14)13-17-15-10-6-1-2-7-11-15/h3-5,8-9,15-18H,1-2,6-7,10-13H2. The highest BCUT2D eigenvalue weighted by atomic mass is 16.3. The lowest BCUT2D eigenvalue weighted by Gasteiger charge is -2.19. The molecule has 2 nitrogen and oxygen atoms in total. The molecule has 0 spiro atoms. The molecular formula is C16H25NO. The van der Waals surface area contributed by atoms with E-state index < -0.39 is 0 Å². The van der Waals surface area contributed by atoms with Crippen LogP contribution in [0.3, 0.4) is 0 Å². The van der Waals surface area contributed by atoms with Crippen LogP contribution in [0, 0.1) is 0 Å². The van der Waals surface area contributed by atoms with E-state index in [1.807, 2.05) is 18.2 Å². The predicted molar refractivity (Wildman–Crippen MR) is 75.6 cm³/mol. The van der Waals surface area contributed by atoms with Crippen molar-refractivity contribution in [1.82, 2.24) is 5.32 Å². The molecule has 2 heteroatoms. The molecule has 1 saturated carbocycles. The van der Waals surface area contributed by atoms with Gasteiger partial charge in [-0.1, -0.05) is 56.0 Å². The van der Waals surface area contributed by atoms with Gasteiger partial charge >= 0.3 is 0 Å². The van der Waals surface area contributed by atoms with E-state index in [4.69, 9.17) is 0 Å². The molecule has 18 heavy (non-hydrogen) atoms. The summed E-state index contributed by atoms with van der Waals surface area (Å²) >= 11 is 0. The minimum atomic E-state index is -0.268. The fourth-order valence-corrected chi connectivity index (χ4v) is 2.74. The molecule has 1 aromatic carbocycles. The molecular weight excluding hydrogens is 222 g/mol. The molecule has 2 N–H and O–H groups in total. The highest BCUT2D eigenvalue weighted by molar-refractivity contribution is 5.15. The summed E-state index contributed by atoms with van der Waals surface area (Å²) in [5.41, 5.74) is 1.22. The van der Waals surface area contributed by atoms with E-state index >= 15 is 0 Å². The van der Waals surface area contributed by atoms with Crippen molar-refractivity contribution in [2.75, 3.05) is 6.54 Å². The van der Waals surface area contributed by atoms with Crippen LogP contribution in [0.1, 0.15) is 44.1 Å². The Bertz CT molecular complexity index is 317. The average Bonchev–Trinajstić information content (AvgIpc) is 2.66. The van der Waals surface area contributed by atoms with Gasteiger partial charge in [0.15, 0.2) is 0 Å². The van der Waals surface area contributed by atoms with Gasteiger partial charge in [0.25, 0.3) is 0 Å². The normalized spacial score (nSPS) is 19.4. The minimum absolute atomic E-state index is 0.268. The molecule has 1 unspecified atom stereocenters. The zero-order valence-electron chi connectivity index (χ0n) is 11.1. The SMILES string of the molecule is OC(CNC1CCCCCC1)Cc1ccccc1. The van der Waals surface area contributed by atoms with Gasteiger partial charge in [0.2, 0.25) is 0 Å². The summed E-state index contributed by atoms with van der Waals surface area (Å²) in [7, 11) is 0. The van der Waals surface area contributed by atoms with Gasteiger partial charge in [-0.25, -0.2) is 0 Å². The summed E-state index contributed by atoms with van der Waals surface area (Å²) in [6, 6.07) is 10.9. The number of hydrogen-bond donors (Lipinski definition) is 2. The number of rotatable bonds is 5. The lowest BCUT2D eigenvalue weighted by Crippen LogP contribution is -2.36. The predicted octanol–water partition coefficient (Wildman–Crippen LogP) is 2.90. The molecule has 0 aromatic heterocycles. The molecule has 0 aliphatic heterocycles. The van der Waals surface area contributed by atoms with E-state index in [-0.39, 0.29) is 6.10 Å². The van der Waals surface area contributed by atoms with E-state index in [2.05, 4.69) is 17.4 Å². The summed E-state index contributed by atoms with van der Waals surface area (Å²) in [6.07, 6.45) is 8.47. The van der Waals surface area contributed by atoms with Gasteiger partial charge in [-0.3, -0.25) is 0 Å². The molecule has 0 saturated heterocycles. The van der Waals surface area contributed by atoms with Gasteiger partial charge in [0, 0.05) is 12.6 Å². The average molecular weight is 247 g/mol. The van der Waals surface area contributed by atoms with Gasteiger partial charge in [-0.2, -0.15) is 0 Å². The first-order chi connectivity index (χ1) is 8.84. The van der Waals surface area contributed by atoms with Crippen LogP contribution in [0.15, 0.2) is 30.3 Å². The number of aliphatic hydroxyl groups is 1. The van der Waals surface area contributed by atoms with Gasteiger partial charge in [0.05, 0.1) is 6.10 Å². The van der Waals surface area contributed by atoms with Crippen molar-refractivity contribution in [3.8, 4) is 0 Å². The van der Waals surface area contributed by atoms with E-state index in [1.165, 1.54) is 44.1 Å². The largest absolute Gasteiger partial charge is 0.391 e. The second kappa shape index (κ2) is 7.55. The molecule has 1 atom stereocenters. The Morgan fingerprint density at radius 1 is 1.06 bits per heavy atom. The van der Waals surface area contributed by atoms with Crippen molar-refractivity contribution in [2.45, 2.75) is 57.1 Å². The first-order valence-corrected chi connectivity index (χ1v) is 7.30. The Morgan fingerprint density at radius 3 is 2.39 bits per heavy atom. The third-order valence-corrected chi connectivity index (χ3v) is 3.81. The van der Waals surface area contributed by atoms with Crippen molar-refractivity contribution < 1.29 is 5.11 Å². The monoisotopic (exact) mass is 247 g/mol. The smallest absolute Gasteiger partial charge is 0.0704 e. The van der Waals surface area contributed by atoms with Gasteiger partial charge in [0.1, 0.15) is 0 Å². The molecule has 0 amide bonds. The molecule has 2 rings (SSSR count). The summed E-state index contributed by atoms with van der Waals surface area (Å²) in [4.78, 5) is 0. The molecule has 1 aliphatic rings. The first kappa shape index (κ1) is 13.6. The number of benzene rings is 1. The molecule has 100 valence electrons. The summed E-state index contributed by atoms with van der Waals surface area (Å²) < 4.78 is 0. The highest BCUT2D eigenvalue weighted by Crippen LogP contribution is 2.17. The maximum absolute atomic E-state index is 10.0. The van der Waals surface area contributed by atoms with Gasteiger partial charge < -0.3 is 10.4 Å². The van der Waals surface area contributed by atoms with E-state index in [1.54, 1.807) is 0 Å². The fraction of sp³-hybridized carbons (Fsp3) is 0.625. The second-order valence-corrected chi connectivity index (χ2v) is 5.44. The van der Waals surface area contributed by atoms with Crippen LogP contribution in [-0.2, 0) is 6.42 Å². The zero-order chi connectivity index (χ0) is 12.6. The summed E-state index contributed by atoms with van der Waals surface area (Å²) in [6.45, 7) is 0.722. The van der Waals surface area contributed by atoms with Crippen LogP contribution >= 0.6 is 0 Å². The Balaban J connectivity index is 1.69. The van der Waals surface area contributed by atoms with Crippen LogP contribution in [0.2, 0.25) is 0 Å². The Hall–Kier alpha value is -0.860. The van der Waals surface area contributed by atoms with Crippen LogP contribution in [0.5, 0.6) is 0 Å². The fourth-order valence-electron chi connectivity index (χ4n) is 2.74. The van der Waals surface area contributed by atoms with Crippen LogP contribution in [0.4, 0.5) is 0 Å². The van der Waals surface area contributed by atoms with Gasteiger partial charge in [-0.05, 0) is 24.8 Å². The molecule has 0 heterocycles. The van der Waals surface area contributed by atoms with Crippen LogP contribution in [-0.4, -0.2) is 23.8 Å². The number of hydrogen-bond acceptors (Lipinski definition) is 2. The topological polar surface area (TPSA) is 32.3 Å². The minimum Gasteiger partial charge on any atom is -0.391 e. The number of nitrogens with one attached hydrogen (secondary N) is 1. The molecule has 0 radical (unpaired) electrons. The Labute approximate surface area is 110 Å². The lowest BCUT2D eigenvalue weighted by atomic mass is 10.1. The van der Waals surface area contributed by atoms with Crippen molar-refractivity contribution in [2.24, 2.45) is 0 Å². The highest BCUT2D eigenvalue weighted by Gasteiger charge is 2.13. The molecule has 1 aromatic rings. The molecule has 1 fully saturated rings. The lowest BCUT2D eigenvalue weighted by molar-refractivity contribution is 0.165. The first-order valence-electron chi connectivity index (χ1n) is 7.30. The summed E-state index contributed by atoms with van der Waals surface area (Å²) in [5.74, 6) is 0. The molecule has 0 bridgehead atoms. The third kappa shape index (κ3) is 4.79. The van der Waals surface area contributed by atoms with E-state index in [0.717, 1.165) is 13.0 Å². The van der Waals surface area contributed by atoms with E-state index in [0.29, 0.717) is 6.04 Å². The molecule has 1 aliphatic carbocycles. The second-order valence-electron chi connectivity index (χ2n) is 5.44. The Morgan fingerprint density at radius 2 is 1.72 bits per heavy atom. The van der Waals surface area contributed by atoms with E-state index in [9.17, 15) is 5.11 Å². The number of aliphatic hydroxyl groups excluding tert-OH is 1. The third-order valence-electron chi connectivity index (χ3n) is 3.81. The van der Waals surface area contributed by atoms with Gasteiger partial charge in [-0.15, -0.1) is 0 Å². The van der Waals surface area contributed by atoms with Crippen molar-refractivity contribution >= 4 is 0 Å². The van der Waals surface area contributed by atoms with Crippen molar-refractivity contribution in [3.63, 3.8) is 0 Å². The Kier molecular flexibility index (Phi) is 5.69. The van der Waals surface area contributed by atoms with Crippen molar-refractivity contribution in [1.29, 1.82) is 0 Å². The zero-order valence-corrected chi connectivity index (χ0v) is 11.1. The maximum Gasteiger partial charge on any atom is 0.0704 e. The van der Waals surface area contributed by atoms with Crippen molar-refractivity contribution in [3.05, 3.63) is 35.9 Å². The summed E-state index contributed by atoms with van der Waals surface area (Å²) in [5, 5.41) is 13.6. The van der Waals surface area contributed by atoms with Crippen LogP contribution in [0.25, 0.3) is 0 Å².